The second kappa shape index (κ2) is 5.21. The molecule has 1 aliphatic rings. The third-order valence-electron chi connectivity index (χ3n) is 3.26. The Morgan fingerprint density at radius 1 is 1.25 bits per heavy atom. The predicted octanol–water partition coefficient (Wildman–Crippen LogP) is 0.970. The van der Waals surface area contributed by atoms with E-state index >= 15 is 0 Å². The Morgan fingerprint density at radius 3 is 2.69 bits per heavy atom. The number of hydrogen-bond donors (Lipinski definition) is 2. The summed E-state index contributed by atoms with van der Waals surface area (Å²) in [5.74, 6) is 0.800. The quantitative estimate of drug-likeness (QED) is 0.799. The smallest absolute Gasteiger partial charge is 0.160 e. The molecule has 3 nitrogen and oxygen atoms in total. The summed E-state index contributed by atoms with van der Waals surface area (Å²) in [6, 6.07) is 5.65. The van der Waals surface area contributed by atoms with Gasteiger partial charge in [0.2, 0.25) is 0 Å². The number of quaternary nitrogens is 1. The van der Waals surface area contributed by atoms with Gasteiger partial charge in [0.15, 0.2) is 11.5 Å². The molecule has 0 amide bonds. The highest BCUT2D eigenvalue weighted by atomic mass is 16.5. The van der Waals surface area contributed by atoms with Gasteiger partial charge in [-0.05, 0) is 37.5 Å². The van der Waals surface area contributed by atoms with E-state index in [2.05, 4.69) is 0 Å². The van der Waals surface area contributed by atoms with E-state index in [0.29, 0.717) is 5.75 Å². The largest absolute Gasteiger partial charge is 0.504 e. The minimum absolute atomic E-state index is 0.222. The number of methoxy groups -OCH3 is 1. The van der Waals surface area contributed by atoms with Crippen LogP contribution in [0.1, 0.15) is 24.8 Å². The van der Waals surface area contributed by atoms with Gasteiger partial charge in [-0.15, -0.1) is 0 Å². The molecule has 0 aromatic heterocycles. The SMILES string of the molecule is COc1cc(C[NH+]2CCCCC2)ccc1O. The number of ether oxygens (including phenoxy) is 1. The summed E-state index contributed by atoms with van der Waals surface area (Å²) >= 11 is 0. The Morgan fingerprint density at radius 2 is 2.00 bits per heavy atom. The fraction of sp³-hybridized carbons (Fsp3) is 0.538. The molecule has 0 unspecified atom stereocenters. The van der Waals surface area contributed by atoms with E-state index in [-0.39, 0.29) is 5.75 Å². The lowest BCUT2D eigenvalue weighted by atomic mass is 10.1. The van der Waals surface area contributed by atoms with Crippen molar-refractivity contribution in [3.8, 4) is 11.5 Å². The number of phenolic OH excluding ortho intramolecular Hbond substituents is 1. The summed E-state index contributed by atoms with van der Waals surface area (Å²) in [6.45, 7) is 3.57. The predicted molar refractivity (Wildman–Crippen MR) is 62.9 cm³/mol. The van der Waals surface area contributed by atoms with Gasteiger partial charge in [0.05, 0.1) is 20.2 Å². The van der Waals surface area contributed by atoms with Crippen LogP contribution in [0.5, 0.6) is 11.5 Å². The third kappa shape index (κ3) is 2.67. The van der Waals surface area contributed by atoms with Gasteiger partial charge in [-0.2, -0.15) is 0 Å². The van der Waals surface area contributed by atoms with Crippen LogP contribution in [0.2, 0.25) is 0 Å². The lowest BCUT2D eigenvalue weighted by Gasteiger charge is -2.23. The number of aromatic hydroxyl groups is 1. The summed E-state index contributed by atoms with van der Waals surface area (Å²) in [6.07, 6.45) is 4.05. The van der Waals surface area contributed by atoms with Crippen LogP contribution < -0.4 is 9.64 Å². The first-order valence-corrected chi connectivity index (χ1v) is 5.99. The van der Waals surface area contributed by atoms with E-state index < -0.39 is 0 Å². The second-order valence-electron chi connectivity index (χ2n) is 4.49. The Balaban J connectivity index is 2.03. The number of nitrogens with one attached hydrogen (secondary N) is 1. The van der Waals surface area contributed by atoms with Gasteiger partial charge >= 0.3 is 0 Å². The fourth-order valence-corrected chi connectivity index (χ4v) is 2.35. The van der Waals surface area contributed by atoms with Crippen molar-refractivity contribution in [3.05, 3.63) is 23.8 Å². The highest BCUT2D eigenvalue weighted by Crippen LogP contribution is 2.25. The minimum Gasteiger partial charge on any atom is -0.504 e. The molecule has 1 aromatic rings. The van der Waals surface area contributed by atoms with Crippen LogP contribution >= 0.6 is 0 Å². The van der Waals surface area contributed by atoms with Gasteiger partial charge in [-0.1, -0.05) is 0 Å². The van der Waals surface area contributed by atoms with Gasteiger partial charge in [0, 0.05) is 5.56 Å². The molecule has 1 saturated heterocycles. The van der Waals surface area contributed by atoms with E-state index in [0.717, 1.165) is 6.54 Å². The van der Waals surface area contributed by atoms with Crippen molar-refractivity contribution in [3.63, 3.8) is 0 Å². The van der Waals surface area contributed by atoms with Crippen molar-refractivity contribution in [1.29, 1.82) is 0 Å². The molecule has 0 spiro atoms. The molecule has 16 heavy (non-hydrogen) atoms. The zero-order chi connectivity index (χ0) is 11.4. The van der Waals surface area contributed by atoms with Gasteiger partial charge in [-0.3, -0.25) is 0 Å². The standard InChI is InChI=1S/C13H19NO2/c1-16-13-9-11(5-6-12(13)15)10-14-7-3-2-4-8-14/h5-6,9,15H,2-4,7-8,10H2,1H3/p+1. The molecule has 0 saturated carbocycles. The van der Waals surface area contributed by atoms with E-state index in [1.165, 1.54) is 37.9 Å². The van der Waals surface area contributed by atoms with Gasteiger partial charge in [0.25, 0.3) is 0 Å². The third-order valence-corrected chi connectivity index (χ3v) is 3.26. The maximum Gasteiger partial charge on any atom is 0.160 e. The summed E-state index contributed by atoms with van der Waals surface area (Å²) in [5.41, 5.74) is 1.24. The highest BCUT2D eigenvalue weighted by molar-refractivity contribution is 5.41. The highest BCUT2D eigenvalue weighted by Gasteiger charge is 2.14. The molecular formula is C13H20NO2+. The van der Waals surface area contributed by atoms with Crippen molar-refractivity contribution in [2.24, 2.45) is 0 Å². The number of benzene rings is 1. The molecule has 0 atom stereocenters. The molecule has 1 fully saturated rings. The summed E-state index contributed by atoms with van der Waals surface area (Å²) < 4.78 is 5.12. The average Bonchev–Trinajstić information content (AvgIpc) is 2.33. The lowest BCUT2D eigenvalue weighted by molar-refractivity contribution is -0.918. The van der Waals surface area contributed by atoms with Crippen molar-refractivity contribution in [2.75, 3.05) is 20.2 Å². The lowest BCUT2D eigenvalue weighted by Crippen LogP contribution is -3.11. The van der Waals surface area contributed by atoms with Crippen molar-refractivity contribution in [2.45, 2.75) is 25.8 Å². The maximum absolute atomic E-state index is 9.51. The Labute approximate surface area is 96.6 Å². The second-order valence-corrected chi connectivity index (χ2v) is 4.49. The van der Waals surface area contributed by atoms with E-state index in [1.54, 1.807) is 18.1 Å². The van der Waals surface area contributed by atoms with Crippen molar-refractivity contribution in [1.82, 2.24) is 0 Å². The first-order chi connectivity index (χ1) is 7.79. The zero-order valence-corrected chi connectivity index (χ0v) is 9.83. The molecule has 3 heteroatoms. The van der Waals surface area contributed by atoms with Gasteiger partial charge in [-0.25, -0.2) is 0 Å². The maximum atomic E-state index is 9.51. The normalized spacial score (nSPS) is 17.3. The molecular weight excluding hydrogens is 202 g/mol. The van der Waals surface area contributed by atoms with E-state index in [1.807, 2.05) is 12.1 Å². The molecule has 1 aromatic carbocycles. The van der Waals surface area contributed by atoms with Crippen LogP contribution in [0.15, 0.2) is 18.2 Å². The Kier molecular flexibility index (Phi) is 3.67. The molecule has 88 valence electrons. The molecule has 0 bridgehead atoms. The molecule has 0 radical (unpaired) electrons. The minimum atomic E-state index is 0.222. The van der Waals surface area contributed by atoms with E-state index in [4.69, 9.17) is 4.74 Å². The Hall–Kier alpha value is -1.22. The Bertz CT molecular complexity index is 346. The number of phenols is 1. The molecule has 2 rings (SSSR count). The monoisotopic (exact) mass is 222 g/mol. The number of piperidine rings is 1. The van der Waals surface area contributed by atoms with Gasteiger partial charge < -0.3 is 14.7 Å². The summed E-state index contributed by atoms with van der Waals surface area (Å²) in [7, 11) is 1.59. The summed E-state index contributed by atoms with van der Waals surface area (Å²) in [4.78, 5) is 1.64. The molecule has 1 aliphatic heterocycles. The first-order valence-electron chi connectivity index (χ1n) is 5.99. The molecule has 0 aliphatic carbocycles. The van der Waals surface area contributed by atoms with Crippen LogP contribution in [-0.2, 0) is 6.54 Å². The zero-order valence-electron chi connectivity index (χ0n) is 9.83. The summed E-state index contributed by atoms with van der Waals surface area (Å²) in [5, 5.41) is 9.51. The number of hydrogen-bond acceptors (Lipinski definition) is 2. The van der Waals surface area contributed by atoms with Crippen molar-refractivity contribution < 1.29 is 14.7 Å². The van der Waals surface area contributed by atoms with Crippen LogP contribution in [0.4, 0.5) is 0 Å². The first kappa shape index (κ1) is 11.3. The molecule has 2 N–H and O–H groups in total. The number of rotatable bonds is 3. The number of likely N-dealkylation sites (tertiary alicyclic amines) is 1. The van der Waals surface area contributed by atoms with Crippen LogP contribution in [0.3, 0.4) is 0 Å². The van der Waals surface area contributed by atoms with Crippen LogP contribution in [-0.4, -0.2) is 25.3 Å². The molecule has 1 heterocycles. The topological polar surface area (TPSA) is 33.9 Å². The van der Waals surface area contributed by atoms with Gasteiger partial charge in [0.1, 0.15) is 6.54 Å². The van der Waals surface area contributed by atoms with Crippen LogP contribution in [0, 0.1) is 0 Å². The fourth-order valence-electron chi connectivity index (χ4n) is 2.35. The van der Waals surface area contributed by atoms with Crippen molar-refractivity contribution >= 4 is 0 Å². The van der Waals surface area contributed by atoms with Crippen LogP contribution in [0.25, 0.3) is 0 Å². The van der Waals surface area contributed by atoms with E-state index in [9.17, 15) is 5.11 Å². The average molecular weight is 222 g/mol.